The first kappa shape index (κ1) is 14.2. The first-order valence-corrected chi connectivity index (χ1v) is 5.72. The number of hydrogen-bond acceptors (Lipinski definition) is 4. The topological polar surface area (TPSA) is 64.2 Å². The molecular weight excluding hydrogens is 277 g/mol. The van der Waals surface area contributed by atoms with E-state index in [1.165, 1.54) is 12.1 Å². The Labute approximate surface area is 111 Å². The van der Waals surface area contributed by atoms with Crippen molar-refractivity contribution in [2.45, 2.75) is 26.3 Å². The number of ether oxygens (including phenoxy) is 2. The van der Waals surface area contributed by atoms with Crippen molar-refractivity contribution in [3.63, 3.8) is 0 Å². The summed E-state index contributed by atoms with van der Waals surface area (Å²) in [6.45, 7) is 3.25. The van der Waals surface area contributed by atoms with Gasteiger partial charge in [0.2, 0.25) is 0 Å². The molecule has 1 aromatic carbocycles. The normalized spacial score (nSPS) is 11.9. The van der Waals surface area contributed by atoms with Gasteiger partial charge in [-0.2, -0.15) is 5.10 Å². The van der Waals surface area contributed by atoms with Crippen molar-refractivity contribution >= 4 is 16.9 Å². The summed E-state index contributed by atoms with van der Waals surface area (Å²) in [6.07, 6.45) is -5.27. The number of benzene rings is 1. The molecule has 0 saturated heterocycles. The van der Waals surface area contributed by atoms with E-state index >= 15 is 0 Å². The van der Waals surface area contributed by atoms with E-state index in [0.29, 0.717) is 0 Å². The Balaban J connectivity index is 2.49. The molecule has 0 amide bonds. The summed E-state index contributed by atoms with van der Waals surface area (Å²) in [6, 6.07) is 3.95. The summed E-state index contributed by atoms with van der Waals surface area (Å²) in [7, 11) is 0. The van der Waals surface area contributed by atoms with E-state index in [-0.39, 0.29) is 16.6 Å². The fourth-order valence-electron chi connectivity index (χ4n) is 1.67. The van der Waals surface area contributed by atoms with Gasteiger partial charge in [-0.3, -0.25) is 5.10 Å². The highest BCUT2D eigenvalue weighted by molar-refractivity contribution is 6.04. The first-order chi connectivity index (χ1) is 9.28. The molecule has 0 aliphatic rings. The molecule has 0 fully saturated rings. The number of carbonyl (C=O) groups is 1. The Kier molecular flexibility index (Phi) is 3.56. The number of alkyl halides is 3. The van der Waals surface area contributed by atoms with Gasteiger partial charge in [0.1, 0.15) is 5.75 Å². The number of carbonyl (C=O) groups excluding carboxylic acids is 1. The van der Waals surface area contributed by atoms with Crippen LogP contribution in [-0.4, -0.2) is 28.6 Å². The van der Waals surface area contributed by atoms with Crippen LogP contribution in [-0.2, 0) is 4.74 Å². The summed E-state index contributed by atoms with van der Waals surface area (Å²) in [5, 5.41) is 6.10. The van der Waals surface area contributed by atoms with Crippen LogP contribution >= 0.6 is 0 Å². The number of hydrogen-bond donors (Lipinski definition) is 1. The molecule has 2 aromatic rings. The molecule has 108 valence electrons. The molecular formula is C12H11F3N2O3. The van der Waals surface area contributed by atoms with E-state index in [4.69, 9.17) is 4.74 Å². The van der Waals surface area contributed by atoms with E-state index in [9.17, 15) is 18.0 Å². The molecule has 0 saturated carbocycles. The molecule has 5 nitrogen and oxygen atoms in total. The summed E-state index contributed by atoms with van der Waals surface area (Å²) in [5.74, 6) is -1.32. The second kappa shape index (κ2) is 5.03. The Morgan fingerprint density at radius 3 is 2.65 bits per heavy atom. The molecule has 1 heterocycles. The fraction of sp³-hybridized carbons (Fsp3) is 0.333. The highest BCUT2D eigenvalue weighted by Gasteiger charge is 2.33. The van der Waals surface area contributed by atoms with Gasteiger partial charge < -0.3 is 9.47 Å². The zero-order valence-corrected chi connectivity index (χ0v) is 10.6. The molecule has 0 unspecified atom stereocenters. The number of esters is 1. The molecule has 0 aliphatic heterocycles. The van der Waals surface area contributed by atoms with Crippen molar-refractivity contribution in [3.05, 3.63) is 23.9 Å². The van der Waals surface area contributed by atoms with Crippen LogP contribution in [0.2, 0.25) is 0 Å². The highest BCUT2D eigenvalue weighted by Crippen LogP contribution is 2.32. The van der Waals surface area contributed by atoms with Crippen molar-refractivity contribution in [1.29, 1.82) is 0 Å². The molecule has 2 rings (SSSR count). The van der Waals surface area contributed by atoms with Crippen LogP contribution < -0.4 is 4.74 Å². The predicted octanol–water partition coefficient (Wildman–Crippen LogP) is 3.03. The lowest BCUT2D eigenvalue weighted by atomic mass is 10.2. The quantitative estimate of drug-likeness (QED) is 0.882. The minimum Gasteiger partial charge on any atom is -0.458 e. The summed E-state index contributed by atoms with van der Waals surface area (Å²) in [4.78, 5) is 11.8. The third-order valence-corrected chi connectivity index (χ3v) is 2.31. The third kappa shape index (κ3) is 3.01. The Morgan fingerprint density at radius 1 is 1.35 bits per heavy atom. The second-order valence-corrected chi connectivity index (χ2v) is 4.25. The highest BCUT2D eigenvalue weighted by atomic mass is 19.4. The van der Waals surface area contributed by atoms with Crippen LogP contribution in [0.4, 0.5) is 13.2 Å². The lowest BCUT2D eigenvalue weighted by Crippen LogP contribution is -2.18. The van der Waals surface area contributed by atoms with E-state index in [1.54, 1.807) is 13.8 Å². The van der Waals surface area contributed by atoms with E-state index in [1.807, 2.05) is 0 Å². The van der Waals surface area contributed by atoms with Crippen LogP contribution in [0.25, 0.3) is 10.9 Å². The number of rotatable bonds is 3. The zero-order valence-electron chi connectivity index (χ0n) is 10.6. The maximum Gasteiger partial charge on any atom is 0.573 e. The molecule has 8 heteroatoms. The van der Waals surface area contributed by atoms with Gasteiger partial charge in [0.15, 0.2) is 5.69 Å². The van der Waals surface area contributed by atoms with Crippen molar-refractivity contribution in [3.8, 4) is 5.75 Å². The first-order valence-electron chi connectivity index (χ1n) is 5.72. The van der Waals surface area contributed by atoms with Crippen LogP contribution in [0.1, 0.15) is 24.3 Å². The average Bonchev–Trinajstić information content (AvgIpc) is 2.70. The van der Waals surface area contributed by atoms with Crippen molar-refractivity contribution < 1.29 is 27.4 Å². The third-order valence-electron chi connectivity index (χ3n) is 2.31. The van der Waals surface area contributed by atoms with E-state index in [0.717, 1.165) is 6.07 Å². The number of halogens is 3. The molecule has 0 aliphatic carbocycles. The predicted molar refractivity (Wildman–Crippen MR) is 63.3 cm³/mol. The van der Waals surface area contributed by atoms with E-state index < -0.39 is 24.2 Å². The molecule has 0 radical (unpaired) electrons. The molecule has 1 N–H and O–H groups in total. The molecule has 20 heavy (non-hydrogen) atoms. The summed E-state index contributed by atoms with van der Waals surface area (Å²) >= 11 is 0. The number of aromatic amines is 1. The molecule has 0 atom stereocenters. The van der Waals surface area contributed by atoms with Crippen LogP contribution in [0.15, 0.2) is 18.2 Å². The van der Waals surface area contributed by atoms with Gasteiger partial charge in [0, 0.05) is 0 Å². The molecule has 0 spiro atoms. The van der Waals surface area contributed by atoms with Gasteiger partial charge in [-0.25, -0.2) is 4.79 Å². The lowest BCUT2D eigenvalue weighted by Gasteiger charge is -2.10. The largest absolute Gasteiger partial charge is 0.573 e. The van der Waals surface area contributed by atoms with Gasteiger partial charge in [-0.05, 0) is 26.0 Å². The number of aromatic nitrogens is 2. The van der Waals surface area contributed by atoms with Crippen LogP contribution in [0.5, 0.6) is 5.75 Å². The minimum absolute atomic E-state index is 0.0597. The average molecular weight is 288 g/mol. The van der Waals surface area contributed by atoms with Crippen molar-refractivity contribution in [2.75, 3.05) is 0 Å². The number of nitrogens with zero attached hydrogens (tertiary/aromatic N) is 1. The number of fused-ring (bicyclic) bond motifs is 1. The maximum atomic E-state index is 12.3. The number of H-pyrrole nitrogens is 1. The minimum atomic E-state index is -4.86. The number of nitrogens with one attached hydrogen (secondary N) is 1. The summed E-state index contributed by atoms with van der Waals surface area (Å²) < 4.78 is 45.9. The standard InChI is InChI=1S/C12H11F3N2O3/c1-6(2)19-11(18)10-9-7(16-17-10)4-3-5-8(9)20-12(13,14)15/h3-6H,1-2H3,(H,16,17). The summed E-state index contributed by atoms with van der Waals surface area (Å²) in [5.41, 5.74) is 0.0102. The Hall–Kier alpha value is -2.25. The fourth-order valence-corrected chi connectivity index (χ4v) is 1.67. The molecule has 0 bridgehead atoms. The second-order valence-electron chi connectivity index (χ2n) is 4.25. The van der Waals surface area contributed by atoms with E-state index in [2.05, 4.69) is 14.9 Å². The lowest BCUT2D eigenvalue weighted by molar-refractivity contribution is -0.274. The van der Waals surface area contributed by atoms with Crippen LogP contribution in [0, 0.1) is 0 Å². The molecule has 1 aromatic heterocycles. The van der Waals surface area contributed by atoms with Gasteiger partial charge in [-0.15, -0.1) is 13.2 Å². The van der Waals surface area contributed by atoms with Crippen LogP contribution in [0.3, 0.4) is 0 Å². The monoisotopic (exact) mass is 288 g/mol. The van der Waals surface area contributed by atoms with Gasteiger partial charge in [0.25, 0.3) is 0 Å². The maximum absolute atomic E-state index is 12.3. The van der Waals surface area contributed by atoms with Gasteiger partial charge >= 0.3 is 12.3 Å². The Morgan fingerprint density at radius 2 is 2.05 bits per heavy atom. The zero-order chi connectivity index (χ0) is 14.9. The SMILES string of the molecule is CC(C)OC(=O)c1n[nH]c2cccc(OC(F)(F)F)c12. The van der Waals surface area contributed by atoms with Gasteiger partial charge in [-0.1, -0.05) is 6.07 Å². The van der Waals surface area contributed by atoms with Crippen molar-refractivity contribution in [2.24, 2.45) is 0 Å². The van der Waals surface area contributed by atoms with Gasteiger partial charge in [0.05, 0.1) is 17.0 Å². The Bertz CT molecular complexity index is 634. The smallest absolute Gasteiger partial charge is 0.458 e. The van der Waals surface area contributed by atoms with Crippen molar-refractivity contribution in [1.82, 2.24) is 10.2 Å².